The molecule has 0 aromatic heterocycles. The number of hydrogen-bond acceptors (Lipinski definition) is 2. The first-order chi connectivity index (χ1) is 5.75. The Kier molecular flexibility index (Phi) is 3.11. The zero-order valence-corrected chi connectivity index (χ0v) is 7.34. The van der Waals surface area contributed by atoms with Crippen LogP contribution in [0.15, 0.2) is 18.2 Å². The summed E-state index contributed by atoms with van der Waals surface area (Å²) in [6, 6.07) is 5.45. The minimum Gasteiger partial charge on any atom is -0.397 e. The number of carbonyl (C=O) groups is 1. The van der Waals surface area contributed by atoms with Crippen LogP contribution in [0.4, 0.5) is 5.69 Å². The summed E-state index contributed by atoms with van der Waals surface area (Å²) in [5.74, 6) is 0. The van der Waals surface area contributed by atoms with Crippen LogP contribution in [-0.2, 0) is 11.2 Å². The highest BCUT2D eigenvalue weighted by Crippen LogP contribution is 2.22. The smallest absolute Gasteiger partial charge is 0.120 e. The summed E-state index contributed by atoms with van der Waals surface area (Å²) in [6.07, 6.45) is 2.03. The minimum atomic E-state index is 0.491. The van der Waals surface area contributed by atoms with Crippen LogP contribution < -0.4 is 5.73 Å². The molecule has 3 heteroatoms. The topological polar surface area (TPSA) is 43.1 Å². The number of halogens is 1. The number of nitrogen functional groups attached to an aromatic ring is 1. The van der Waals surface area contributed by atoms with E-state index in [1.807, 2.05) is 12.1 Å². The average molecular weight is 184 g/mol. The van der Waals surface area contributed by atoms with Crippen molar-refractivity contribution in [3.8, 4) is 0 Å². The Morgan fingerprint density at radius 3 is 2.92 bits per heavy atom. The van der Waals surface area contributed by atoms with Crippen LogP contribution in [0.25, 0.3) is 0 Å². The van der Waals surface area contributed by atoms with Gasteiger partial charge in [-0.3, -0.25) is 0 Å². The molecule has 0 saturated heterocycles. The molecule has 2 N–H and O–H groups in total. The first kappa shape index (κ1) is 9.07. The van der Waals surface area contributed by atoms with E-state index in [-0.39, 0.29) is 0 Å². The van der Waals surface area contributed by atoms with Crippen LogP contribution in [0.3, 0.4) is 0 Å². The second kappa shape index (κ2) is 4.12. The zero-order valence-electron chi connectivity index (χ0n) is 6.59. The number of para-hydroxylation sites is 1. The average Bonchev–Trinajstić information content (AvgIpc) is 2.08. The molecule has 0 spiro atoms. The van der Waals surface area contributed by atoms with E-state index >= 15 is 0 Å². The van der Waals surface area contributed by atoms with Gasteiger partial charge in [0, 0.05) is 6.42 Å². The van der Waals surface area contributed by atoms with Gasteiger partial charge in [0.15, 0.2) is 0 Å². The van der Waals surface area contributed by atoms with E-state index < -0.39 is 0 Å². The summed E-state index contributed by atoms with van der Waals surface area (Å²) in [5, 5.41) is 0.554. The van der Waals surface area contributed by atoms with Gasteiger partial charge in [-0.15, -0.1) is 0 Å². The molecular formula is C9H10ClNO. The summed E-state index contributed by atoms with van der Waals surface area (Å²) in [7, 11) is 0. The lowest BCUT2D eigenvalue weighted by atomic mass is 10.1. The fraction of sp³-hybridized carbons (Fsp3) is 0.222. The fourth-order valence-corrected chi connectivity index (χ4v) is 1.21. The molecule has 1 aromatic carbocycles. The minimum absolute atomic E-state index is 0.491. The molecular weight excluding hydrogens is 174 g/mol. The lowest BCUT2D eigenvalue weighted by Gasteiger charge is -2.04. The van der Waals surface area contributed by atoms with Crippen LogP contribution in [-0.4, -0.2) is 6.29 Å². The quantitative estimate of drug-likeness (QED) is 0.576. The van der Waals surface area contributed by atoms with Gasteiger partial charge in [-0.05, 0) is 18.1 Å². The Hall–Kier alpha value is -1.02. The number of rotatable bonds is 3. The van der Waals surface area contributed by atoms with E-state index in [0.29, 0.717) is 23.6 Å². The van der Waals surface area contributed by atoms with Gasteiger partial charge in [-0.1, -0.05) is 23.7 Å². The molecule has 0 radical (unpaired) electrons. The van der Waals surface area contributed by atoms with Crippen molar-refractivity contribution in [1.29, 1.82) is 0 Å². The van der Waals surface area contributed by atoms with Crippen LogP contribution >= 0.6 is 11.6 Å². The molecule has 0 aliphatic carbocycles. The summed E-state index contributed by atoms with van der Waals surface area (Å²) in [6.45, 7) is 0. The Morgan fingerprint density at radius 2 is 2.25 bits per heavy atom. The van der Waals surface area contributed by atoms with Crippen molar-refractivity contribution < 1.29 is 4.79 Å². The lowest BCUT2D eigenvalue weighted by molar-refractivity contribution is -0.107. The second-order valence-corrected chi connectivity index (χ2v) is 2.93. The molecule has 0 unspecified atom stereocenters. The summed E-state index contributed by atoms with van der Waals surface area (Å²) in [4.78, 5) is 10.1. The maximum Gasteiger partial charge on any atom is 0.120 e. The van der Waals surface area contributed by atoms with Crippen molar-refractivity contribution in [3.05, 3.63) is 28.8 Å². The largest absolute Gasteiger partial charge is 0.397 e. The standard InChI is InChI=1S/C9H10ClNO/c10-8-5-1-3-7(9(8)11)4-2-6-12/h1,3,5-6H,2,4,11H2. The van der Waals surface area contributed by atoms with Crippen molar-refractivity contribution in [1.82, 2.24) is 0 Å². The highest BCUT2D eigenvalue weighted by atomic mass is 35.5. The first-order valence-electron chi connectivity index (χ1n) is 3.72. The van der Waals surface area contributed by atoms with E-state index in [2.05, 4.69) is 0 Å². The van der Waals surface area contributed by atoms with E-state index in [4.69, 9.17) is 17.3 Å². The van der Waals surface area contributed by atoms with Crippen LogP contribution in [0, 0.1) is 0 Å². The van der Waals surface area contributed by atoms with Gasteiger partial charge in [-0.25, -0.2) is 0 Å². The number of aldehydes is 1. The van der Waals surface area contributed by atoms with Crippen molar-refractivity contribution >= 4 is 23.6 Å². The molecule has 0 fully saturated rings. The Morgan fingerprint density at radius 1 is 1.50 bits per heavy atom. The normalized spacial score (nSPS) is 9.75. The maximum atomic E-state index is 10.1. The number of aryl methyl sites for hydroxylation is 1. The van der Waals surface area contributed by atoms with Gasteiger partial charge in [-0.2, -0.15) is 0 Å². The van der Waals surface area contributed by atoms with Crippen LogP contribution in [0.5, 0.6) is 0 Å². The molecule has 1 rings (SSSR count). The van der Waals surface area contributed by atoms with E-state index in [9.17, 15) is 4.79 Å². The maximum absolute atomic E-state index is 10.1. The Balaban J connectivity index is 2.84. The van der Waals surface area contributed by atoms with Crippen LogP contribution in [0.2, 0.25) is 5.02 Å². The van der Waals surface area contributed by atoms with Gasteiger partial charge in [0.05, 0.1) is 10.7 Å². The van der Waals surface area contributed by atoms with Gasteiger partial charge in [0.25, 0.3) is 0 Å². The highest BCUT2D eigenvalue weighted by molar-refractivity contribution is 6.33. The number of anilines is 1. The molecule has 0 atom stereocenters. The number of hydrogen-bond donors (Lipinski definition) is 1. The summed E-state index contributed by atoms with van der Waals surface area (Å²) < 4.78 is 0. The Labute approximate surface area is 76.3 Å². The van der Waals surface area contributed by atoms with Gasteiger partial charge < -0.3 is 10.5 Å². The molecule has 64 valence electrons. The molecule has 0 bridgehead atoms. The molecule has 0 saturated carbocycles. The van der Waals surface area contributed by atoms with Gasteiger partial charge in [0.1, 0.15) is 6.29 Å². The molecule has 0 amide bonds. The molecule has 12 heavy (non-hydrogen) atoms. The first-order valence-corrected chi connectivity index (χ1v) is 4.10. The molecule has 0 heterocycles. The summed E-state index contributed by atoms with van der Waals surface area (Å²) >= 11 is 5.78. The van der Waals surface area contributed by atoms with E-state index in [0.717, 1.165) is 11.8 Å². The monoisotopic (exact) mass is 183 g/mol. The van der Waals surface area contributed by atoms with E-state index in [1.54, 1.807) is 6.07 Å². The summed E-state index contributed by atoms with van der Waals surface area (Å²) in [5.41, 5.74) is 7.20. The number of carbonyl (C=O) groups excluding carboxylic acids is 1. The third-order valence-electron chi connectivity index (χ3n) is 1.67. The van der Waals surface area contributed by atoms with Crippen molar-refractivity contribution in [2.45, 2.75) is 12.8 Å². The molecule has 0 aliphatic heterocycles. The number of benzene rings is 1. The molecule has 2 nitrogen and oxygen atoms in total. The number of nitrogens with two attached hydrogens (primary N) is 1. The van der Waals surface area contributed by atoms with Crippen LogP contribution in [0.1, 0.15) is 12.0 Å². The van der Waals surface area contributed by atoms with Crippen molar-refractivity contribution in [2.75, 3.05) is 5.73 Å². The highest BCUT2D eigenvalue weighted by Gasteiger charge is 2.01. The zero-order chi connectivity index (χ0) is 8.97. The predicted octanol–water partition coefficient (Wildman–Crippen LogP) is 2.05. The van der Waals surface area contributed by atoms with Crippen molar-refractivity contribution in [3.63, 3.8) is 0 Å². The van der Waals surface area contributed by atoms with Crippen molar-refractivity contribution in [2.24, 2.45) is 0 Å². The van der Waals surface area contributed by atoms with Gasteiger partial charge >= 0.3 is 0 Å². The third-order valence-corrected chi connectivity index (χ3v) is 2.00. The lowest BCUT2D eigenvalue weighted by Crippen LogP contribution is -1.95. The molecule has 0 aliphatic rings. The third kappa shape index (κ3) is 1.98. The fourth-order valence-electron chi connectivity index (χ4n) is 1.01. The van der Waals surface area contributed by atoms with E-state index in [1.165, 1.54) is 0 Å². The second-order valence-electron chi connectivity index (χ2n) is 2.52. The predicted molar refractivity (Wildman–Crippen MR) is 50.2 cm³/mol. The van der Waals surface area contributed by atoms with Gasteiger partial charge in [0.2, 0.25) is 0 Å². The SMILES string of the molecule is Nc1c(Cl)cccc1CCC=O. The molecule has 1 aromatic rings. The Bertz CT molecular complexity index is 286.